The molecule has 0 bridgehead atoms. The van der Waals surface area contributed by atoms with E-state index in [1.54, 1.807) is 18.2 Å². The first-order valence-electron chi connectivity index (χ1n) is 17.2. The summed E-state index contributed by atoms with van der Waals surface area (Å²) in [5.41, 5.74) is 3.79. The maximum absolute atomic E-state index is 14.1. The summed E-state index contributed by atoms with van der Waals surface area (Å²) < 4.78 is 13.3. The van der Waals surface area contributed by atoms with E-state index in [4.69, 9.17) is 31.1 Å². The van der Waals surface area contributed by atoms with Gasteiger partial charge in [0.15, 0.2) is 17.5 Å². The van der Waals surface area contributed by atoms with Crippen molar-refractivity contribution in [1.29, 1.82) is 0 Å². The number of nitrogens with zero attached hydrogens (tertiary/aromatic N) is 6. The molecule has 0 spiro atoms. The van der Waals surface area contributed by atoms with Crippen LogP contribution in [0.3, 0.4) is 0 Å². The molecule has 258 valence electrons. The Morgan fingerprint density at radius 2 is 1.86 bits per heavy atom. The van der Waals surface area contributed by atoms with Crippen molar-refractivity contribution in [2.24, 2.45) is 22.7 Å². The number of hydrogen-bond donors (Lipinski definition) is 1. The summed E-state index contributed by atoms with van der Waals surface area (Å²) in [7, 11) is 1.54. The molecule has 2 aliphatic rings. The van der Waals surface area contributed by atoms with Crippen LogP contribution in [0.2, 0.25) is 0 Å². The van der Waals surface area contributed by atoms with Crippen LogP contribution in [-0.4, -0.2) is 58.8 Å². The topological polar surface area (TPSA) is 115 Å². The van der Waals surface area contributed by atoms with Crippen molar-refractivity contribution >= 4 is 40.3 Å². The molecule has 1 N–H and O–H groups in total. The molecular formula is C38H47N7O4. The maximum Gasteiger partial charge on any atom is 0.331 e. The van der Waals surface area contributed by atoms with Gasteiger partial charge in [0.05, 0.1) is 24.9 Å². The predicted octanol–water partition coefficient (Wildman–Crippen LogP) is 7.68. The van der Waals surface area contributed by atoms with Gasteiger partial charge in [-0.25, -0.2) is 24.3 Å². The molecular weight excluding hydrogens is 618 g/mol. The summed E-state index contributed by atoms with van der Waals surface area (Å²) in [4.78, 5) is 41.9. The monoisotopic (exact) mass is 665 g/mol. The van der Waals surface area contributed by atoms with E-state index in [2.05, 4.69) is 55.7 Å². The van der Waals surface area contributed by atoms with Crippen molar-refractivity contribution in [1.82, 2.24) is 14.8 Å². The Labute approximate surface area is 289 Å². The lowest BCUT2D eigenvalue weighted by atomic mass is 9.75. The fraction of sp³-hybridized carbons (Fsp3) is 0.474. The highest BCUT2D eigenvalue weighted by atomic mass is 16.5. The van der Waals surface area contributed by atoms with Crippen molar-refractivity contribution in [2.75, 3.05) is 30.4 Å². The minimum Gasteiger partial charge on any atom is -0.496 e. The number of hydrogen-bond acceptors (Lipinski definition) is 8. The number of anilines is 2. The van der Waals surface area contributed by atoms with Crippen molar-refractivity contribution in [2.45, 2.75) is 80.3 Å². The van der Waals surface area contributed by atoms with E-state index in [9.17, 15) is 9.59 Å². The molecule has 1 fully saturated rings. The molecule has 1 aliphatic carbocycles. The van der Waals surface area contributed by atoms with E-state index >= 15 is 0 Å². The fourth-order valence-corrected chi connectivity index (χ4v) is 7.12. The molecule has 49 heavy (non-hydrogen) atoms. The van der Waals surface area contributed by atoms with Gasteiger partial charge in [0, 0.05) is 31.4 Å². The number of unbranched alkanes of at least 4 members (excludes halogenated alkanes) is 1. The van der Waals surface area contributed by atoms with Crippen molar-refractivity contribution in [3.63, 3.8) is 0 Å². The summed E-state index contributed by atoms with van der Waals surface area (Å²) in [5.74, 6) is 1.13. The van der Waals surface area contributed by atoms with Gasteiger partial charge in [-0.3, -0.25) is 4.79 Å². The number of ether oxygens (including phenoxy) is 2. The number of fused-ring (bicyclic) bond motifs is 1. The van der Waals surface area contributed by atoms with Crippen LogP contribution in [0.5, 0.6) is 5.75 Å². The number of allylic oxidation sites excluding steroid dienone is 1. The van der Waals surface area contributed by atoms with Crippen LogP contribution < -0.4 is 15.0 Å². The zero-order valence-corrected chi connectivity index (χ0v) is 29.8. The summed E-state index contributed by atoms with van der Waals surface area (Å²) in [6.45, 7) is 24.3. The molecule has 11 heteroatoms. The van der Waals surface area contributed by atoms with Gasteiger partial charge in [0.1, 0.15) is 17.4 Å². The quantitative estimate of drug-likeness (QED) is 0.165. The number of rotatable bonds is 11. The maximum atomic E-state index is 14.1. The third-order valence-corrected chi connectivity index (χ3v) is 9.40. The van der Waals surface area contributed by atoms with Crippen LogP contribution in [0.1, 0.15) is 78.6 Å². The van der Waals surface area contributed by atoms with Gasteiger partial charge in [0.2, 0.25) is 11.6 Å². The van der Waals surface area contributed by atoms with Crippen LogP contribution >= 0.6 is 0 Å². The number of methoxy groups -OCH3 is 1. The van der Waals surface area contributed by atoms with Crippen LogP contribution in [0, 0.1) is 31.2 Å². The Bertz CT molecular complexity index is 1820. The molecule has 5 rings (SSSR count). The van der Waals surface area contributed by atoms with Crippen molar-refractivity contribution < 1.29 is 19.1 Å². The Hall–Kier alpha value is -4.98. The zero-order chi connectivity index (χ0) is 35.4. The first-order valence-corrected chi connectivity index (χ1v) is 17.2. The molecule has 3 aromatic rings. The first kappa shape index (κ1) is 35.3. The molecule has 2 heterocycles. The molecule has 2 unspecified atom stereocenters. The Balaban J connectivity index is 1.63. The number of carbonyl (C=O) groups is 2. The second kappa shape index (κ2) is 15.1. The second-order valence-electron chi connectivity index (χ2n) is 13.3. The van der Waals surface area contributed by atoms with E-state index < -0.39 is 5.97 Å². The number of aryl methyl sites for hydroxylation is 1. The minimum atomic E-state index is -0.616. The number of aliphatic imine (C=N–C) groups is 1. The summed E-state index contributed by atoms with van der Waals surface area (Å²) in [5, 5.41) is 7.57. The molecule has 1 aliphatic heterocycles. The number of benzene rings is 2. The van der Waals surface area contributed by atoms with E-state index in [0.29, 0.717) is 28.6 Å². The number of carbonyl (C=O) groups excluding carboxylic acids is 2. The number of esters is 1. The summed E-state index contributed by atoms with van der Waals surface area (Å²) in [6, 6.07) is 11.2. The normalized spacial score (nSPS) is 20.9. The van der Waals surface area contributed by atoms with E-state index in [0.717, 1.165) is 50.0 Å². The van der Waals surface area contributed by atoms with Gasteiger partial charge >= 0.3 is 5.97 Å². The van der Waals surface area contributed by atoms with E-state index in [1.165, 1.54) is 18.7 Å². The predicted molar refractivity (Wildman–Crippen MR) is 193 cm³/mol. The van der Waals surface area contributed by atoms with Gasteiger partial charge in [-0.2, -0.15) is 0 Å². The van der Waals surface area contributed by atoms with Gasteiger partial charge in [-0.1, -0.05) is 34.1 Å². The van der Waals surface area contributed by atoms with E-state index in [-0.39, 0.29) is 52.6 Å². The average Bonchev–Trinajstić information content (AvgIpc) is 3.61. The zero-order valence-electron chi connectivity index (χ0n) is 29.8. The largest absolute Gasteiger partial charge is 0.496 e. The van der Waals surface area contributed by atoms with Gasteiger partial charge < -0.3 is 19.7 Å². The SMILES string of the molecule is [C-]#[N+]C1=C(C(=O)OC2C(C)CC(C)CC2C)c2nc(-c3cc(NC(C)=O)ccc3OC)nn2C1=Nc1ccc(N(CC)CCCC)cc1C. The highest BCUT2D eigenvalue weighted by Gasteiger charge is 2.41. The van der Waals surface area contributed by atoms with Gasteiger partial charge in [-0.05, 0) is 92.8 Å². The number of aromatic nitrogens is 3. The minimum absolute atomic E-state index is 0.0356. The smallest absolute Gasteiger partial charge is 0.331 e. The highest BCUT2D eigenvalue weighted by molar-refractivity contribution is 6.29. The molecule has 1 aromatic heterocycles. The average molecular weight is 666 g/mol. The lowest BCUT2D eigenvalue weighted by molar-refractivity contribution is -0.150. The first-order chi connectivity index (χ1) is 23.5. The highest BCUT2D eigenvalue weighted by Crippen LogP contribution is 2.39. The Morgan fingerprint density at radius 3 is 2.47 bits per heavy atom. The van der Waals surface area contributed by atoms with Crippen LogP contribution in [0.15, 0.2) is 47.1 Å². The van der Waals surface area contributed by atoms with Gasteiger partial charge in [-0.15, -0.1) is 5.10 Å². The molecule has 2 atom stereocenters. The second-order valence-corrected chi connectivity index (χ2v) is 13.3. The van der Waals surface area contributed by atoms with Crippen molar-refractivity contribution in [3.8, 4) is 17.1 Å². The van der Waals surface area contributed by atoms with Gasteiger partial charge in [0.25, 0.3) is 0 Å². The molecule has 1 saturated carbocycles. The molecule has 2 aromatic carbocycles. The van der Waals surface area contributed by atoms with Crippen LogP contribution in [-0.2, 0) is 14.3 Å². The standard InChI is InChI=1S/C38H47N7O4/c1-10-12-17-44(11-2)28-14-15-30(23(4)20-28)41-37-33(39-8)32(38(47)49-34-24(5)18-22(3)19-25(34)6)36-42-35(43-45(36)37)29-21-27(40-26(7)46)13-16-31(29)48-9/h13-16,20-22,24-25,34H,10-12,17-19H2,1-7,9H3,(H,40,46). The van der Waals surface area contributed by atoms with E-state index in [1.807, 2.05) is 19.1 Å². The lowest BCUT2D eigenvalue weighted by Gasteiger charge is -2.37. The third-order valence-electron chi connectivity index (χ3n) is 9.40. The fourth-order valence-electron chi connectivity index (χ4n) is 7.12. The molecule has 11 nitrogen and oxygen atoms in total. The molecule has 0 saturated heterocycles. The number of amides is 1. The Morgan fingerprint density at radius 1 is 1.12 bits per heavy atom. The molecule has 0 radical (unpaired) electrons. The Kier molecular flexibility index (Phi) is 10.9. The van der Waals surface area contributed by atoms with Crippen molar-refractivity contribution in [3.05, 3.63) is 64.9 Å². The summed E-state index contributed by atoms with van der Waals surface area (Å²) in [6.07, 6.45) is 3.83. The lowest BCUT2D eigenvalue weighted by Crippen LogP contribution is -2.37. The molecule has 1 amide bonds. The summed E-state index contributed by atoms with van der Waals surface area (Å²) >= 11 is 0. The van der Waals surface area contributed by atoms with Crippen LogP contribution in [0.25, 0.3) is 21.8 Å². The van der Waals surface area contributed by atoms with Crippen LogP contribution in [0.4, 0.5) is 17.1 Å². The number of nitrogens with one attached hydrogen (secondary N) is 1. The third kappa shape index (κ3) is 7.38.